The number of methoxy groups -OCH3 is 1. The second-order valence-corrected chi connectivity index (χ2v) is 13.3. The van der Waals surface area contributed by atoms with Crippen molar-refractivity contribution in [1.29, 1.82) is 0 Å². The van der Waals surface area contributed by atoms with E-state index in [0.29, 0.717) is 44.2 Å². The maximum atomic E-state index is 13.8. The number of aliphatic hydroxyl groups excluding tert-OH is 1. The third-order valence-corrected chi connectivity index (χ3v) is 9.49. The summed E-state index contributed by atoms with van der Waals surface area (Å²) in [7, 11) is 1.71. The Hall–Kier alpha value is -4.68. The Balaban J connectivity index is 1.09. The number of likely N-dealkylation sites (tertiary alicyclic amines) is 1. The Kier molecular flexibility index (Phi) is 13.9. The molecule has 1 fully saturated rings. The summed E-state index contributed by atoms with van der Waals surface area (Å²) in [5.74, 6) is 0.849. The van der Waals surface area contributed by atoms with Crippen LogP contribution in [0.2, 0.25) is 0 Å². The smallest absolute Gasteiger partial charge is 0.410 e. The fourth-order valence-corrected chi connectivity index (χ4v) is 6.72. The minimum Gasteiger partial charge on any atom is -0.494 e. The predicted molar refractivity (Wildman–Crippen MR) is 199 cm³/mol. The second kappa shape index (κ2) is 19.4. The average molecular weight is 729 g/mol. The van der Waals surface area contributed by atoms with Crippen LogP contribution in [-0.2, 0) is 38.8 Å². The van der Waals surface area contributed by atoms with Gasteiger partial charge in [0.2, 0.25) is 0 Å². The lowest BCUT2D eigenvalue weighted by molar-refractivity contribution is -0.0692. The van der Waals surface area contributed by atoms with Gasteiger partial charge in [0.15, 0.2) is 0 Å². The van der Waals surface area contributed by atoms with Crippen LogP contribution in [0.1, 0.15) is 41.0 Å². The molecule has 3 unspecified atom stereocenters. The normalized spacial score (nSPS) is 18.3. The molecule has 2 heterocycles. The highest BCUT2D eigenvalue weighted by atomic mass is 19.1. The van der Waals surface area contributed by atoms with Crippen LogP contribution in [-0.4, -0.2) is 88.0 Å². The quantitative estimate of drug-likeness (QED) is 0.119. The molecule has 0 spiro atoms. The van der Waals surface area contributed by atoms with E-state index in [2.05, 4.69) is 11.0 Å². The number of benzene rings is 4. The minimum atomic E-state index is -0.899. The third-order valence-electron chi connectivity index (χ3n) is 9.49. The number of carbonyl (C=O) groups is 1. The van der Waals surface area contributed by atoms with Crippen LogP contribution < -0.4 is 14.4 Å². The number of anilines is 1. The molecule has 282 valence electrons. The summed E-state index contributed by atoms with van der Waals surface area (Å²) in [4.78, 5) is 17.1. The first-order valence-corrected chi connectivity index (χ1v) is 18.3. The molecule has 4 aromatic carbocycles. The zero-order valence-electron chi connectivity index (χ0n) is 30.2. The van der Waals surface area contributed by atoms with Gasteiger partial charge >= 0.3 is 6.09 Å². The molecule has 0 aromatic heterocycles. The molecule has 1 saturated heterocycles. The molecule has 0 bridgehead atoms. The van der Waals surface area contributed by atoms with Gasteiger partial charge in [-0.25, -0.2) is 9.18 Å². The van der Waals surface area contributed by atoms with E-state index in [4.69, 9.17) is 28.4 Å². The van der Waals surface area contributed by atoms with Crippen molar-refractivity contribution >= 4 is 11.8 Å². The standard InChI is InChI=1S/C42H49FN2O8/c1-48-21-7-19-44-20-24-51-39-18-13-32(25-37(39)44)29-52-40-27-45(42(47)53-28-31-9-3-2-4-10-31)26-38(46)41(40)33-14-16-35(17-15-33)50-23-8-22-49-30-34-11-5-6-12-36(34)43/h2-6,9-18,25,38,40-41,46H,7-8,19-24,26-30H2,1H3. The molecule has 0 aliphatic carbocycles. The van der Waals surface area contributed by atoms with Crippen molar-refractivity contribution in [3.8, 4) is 11.5 Å². The average Bonchev–Trinajstić information content (AvgIpc) is 3.19. The lowest BCUT2D eigenvalue weighted by Gasteiger charge is -2.41. The number of hydrogen-bond donors (Lipinski definition) is 1. The molecule has 53 heavy (non-hydrogen) atoms. The van der Waals surface area contributed by atoms with E-state index in [1.165, 1.54) is 11.0 Å². The number of amides is 1. The zero-order chi connectivity index (χ0) is 36.8. The molecule has 3 atom stereocenters. The molecular weight excluding hydrogens is 679 g/mol. The molecule has 2 aliphatic rings. The maximum absolute atomic E-state index is 13.8. The van der Waals surface area contributed by atoms with E-state index in [1.807, 2.05) is 66.7 Å². The Bertz CT molecular complexity index is 1730. The maximum Gasteiger partial charge on any atom is 0.410 e. The molecular formula is C42H49FN2O8. The molecule has 4 aromatic rings. The third kappa shape index (κ3) is 10.7. The summed E-state index contributed by atoms with van der Waals surface area (Å²) in [5.41, 5.74) is 4.27. The lowest BCUT2D eigenvalue weighted by Crippen LogP contribution is -2.53. The number of halogens is 1. The summed E-state index contributed by atoms with van der Waals surface area (Å²) in [6.07, 6.45) is -0.372. The van der Waals surface area contributed by atoms with Gasteiger partial charge in [0, 0.05) is 38.2 Å². The van der Waals surface area contributed by atoms with E-state index in [-0.39, 0.29) is 38.7 Å². The van der Waals surface area contributed by atoms with Crippen molar-refractivity contribution in [2.24, 2.45) is 0 Å². The van der Waals surface area contributed by atoms with Crippen LogP contribution in [0.15, 0.2) is 97.1 Å². The monoisotopic (exact) mass is 728 g/mol. The fraction of sp³-hybridized carbons (Fsp3) is 0.405. The SMILES string of the molecule is COCCCN1CCOc2ccc(COC3CN(C(=O)OCc4ccccc4)CC(O)C3c3ccc(OCCCOCc4ccccc4F)cc3)cc21. The largest absolute Gasteiger partial charge is 0.494 e. The zero-order valence-corrected chi connectivity index (χ0v) is 30.2. The number of aliphatic hydroxyl groups is 1. The Labute approximate surface area is 310 Å². The first kappa shape index (κ1) is 38.1. The molecule has 0 saturated carbocycles. The molecule has 1 N–H and O–H groups in total. The van der Waals surface area contributed by atoms with E-state index in [0.717, 1.165) is 47.6 Å². The van der Waals surface area contributed by atoms with Crippen LogP contribution in [0.4, 0.5) is 14.9 Å². The van der Waals surface area contributed by atoms with Crippen molar-refractivity contribution in [2.45, 2.75) is 50.8 Å². The molecule has 10 nitrogen and oxygen atoms in total. The molecule has 0 radical (unpaired) electrons. The van der Waals surface area contributed by atoms with Gasteiger partial charge < -0.3 is 43.3 Å². The number of nitrogens with zero attached hydrogens (tertiary/aromatic N) is 2. The fourth-order valence-electron chi connectivity index (χ4n) is 6.72. The van der Waals surface area contributed by atoms with Gasteiger partial charge in [0.05, 0.1) is 64.0 Å². The highest BCUT2D eigenvalue weighted by molar-refractivity contribution is 5.68. The summed E-state index contributed by atoms with van der Waals surface area (Å²) < 4.78 is 48.8. The van der Waals surface area contributed by atoms with Gasteiger partial charge in [-0.3, -0.25) is 0 Å². The number of carbonyl (C=O) groups excluding carboxylic acids is 1. The topological polar surface area (TPSA) is 99.2 Å². The summed E-state index contributed by atoms with van der Waals surface area (Å²) in [6.45, 7) is 4.82. The van der Waals surface area contributed by atoms with Crippen molar-refractivity contribution in [1.82, 2.24) is 4.90 Å². The number of ether oxygens (including phenoxy) is 6. The van der Waals surface area contributed by atoms with Gasteiger partial charge in [0.1, 0.15) is 30.5 Å². The van der Waals surface area contributed by atoms with Crippen LogP contribution in [0.25, 0.3) is 0 Å². The van der Waals surface area contributed by atoms with Crippen LogP contribution in [0.3, 0.4) is 0 Å². The molecule has 6 rings (SSSR count). The molecule has 2 aliphatic heterocycles. The number of rotatable bonds is 17. The van der Waals surface area contributed by atoms with Crippen LogP contribution in [0, 0.1) is 5.82 Å². The van der Waals surface area contributed by atoms with Crippen LogP contribution >= 0.6 is 0 Å². The van der Waals surface area contributed by atoms with Gasteiger partial charge in [-0.15, -0.1) is 0 Å². The highest BCUT2D eigenvalue weighted by Gasteiger charge is 2.40. The number of piperidine rings is 1. The Morgan fingerprint density at radius 1 is 0.868 bits per heavy atom. The Morgan fingerprint density at radius 2 is 1.68 bits per heavy atom. The number of hydrogen-bond acceptors (Lipinski definition) is 9. The molecule has 1 amide bonds. The molecule has 11 heteroatoms. The first-order chi connectivity index (χ1) is 26.0. The van der Waals surface area contributed by atoms with Crippen molar-refractivity contribution in [2.75, 3.05) is 64.6 Å². The van der Waals surface area contributed by atoms with Crippen molar-refractivity contribution in [3.05, 3.63) is 125 Å². The Morgan fingerprint density at radius 3 is 2.49 bits per heavy atom. The van der Waals surface area contributed by atoms with Crippen molar-refractivity contribution in [3.63, 3.8) is 0 Å². The summed E-state index contributed by atoms with van der Waals surface area (Å²) in [6, 6.07) is 29.8. The van der Waals surface area contributed by atoms with E-state index < -0.39 is 24.2 Å². The van der Waals surface area contributed by atoms with Gasteiger partial charge in [-0.2, -0.15) is 0 Å². The number of fused-ring (bicyclic) bond motifs is 1. The van der Waals surface area contributed by atoms with E-state index in [9.17, 15) is 14.3 Å². The van der Waals surface area contributed by atoms with Gasteiger partial charge in [-0.1, -0.05) is 66.7 Å². The second-order valence-electron chi connectivity index (χ2n) is 13.3. The van der Waals surface area contributed by atoms with Crippen LogP contribution in [0.5, 0.6) is 11.5 Å². The van der Waals surface area contributed by atoms with E-state index in [1.54, 1.807) is 25.3 Å². The summed E-state index contributed by atoms with van der Waals surface area (Å²) >= 11 is 0. The highest BCUT2D eigenvalue weighted by Crippen LogP contribution is 2.35. The van der Waals surface area contributed by atoms with E-state index >= 15 is 0 Å². The predicted octanol–water partition coefficient (Wildman–Crippen LogP) is 6.73. The summed E-state index contributed by atoms with van der Waals surface area (Å²) in [5, 5.41) is 11.6. The number of β-amino-alcohol motifs (C(OH)–C–C–N with tert-alkyl or cyclic N) is 1. The van der Waals surface area contributed by atoms with Gasteiger partial charge in [0.25, 0.3) is 0 Å². The lowest BCUT2D eigenvalue weighted by atomic mass is 9.84. The minimum absolute atomic E-state index is 0.107. The van der Waals surface area contributed by atoms with Crippen molar-refractivity contribution < 1.29 is 42.7 Å². The van der Waals surface area contributed by atoms with Gasteiger partial charge in [-0.05, 0) is 53.4 Å². The first-order valence-electron chi connectivity index (χ1n) is 18.3.